The first-order valence-corrected chi connectivity index (χ1v) is 5.12. The maximum Gasteiger partial charge on any atom is 0.233 e. The summed E-state index contributed by atoms with van der Waals surface area (Å²) in [5.41, 5.74) is 2.08. The van der Waals surface area contributed by atoms with E-state index in [1.165, 1.54) is 0 Å². The Morgan fingerprint density at radius 2 is 2.19 bits per heavy atom. The van der Waals surface area contributed by atoms with E-state index < -0.39 is 0 Å². The first-order chi connectivity index (χ1) is 7.76. The molecule has 0 spiro atoms. The largest absolute Gasteiger partial charge is 0.358 e. The van der Waals surface area contributed by atoms with Crippen LogP contribution in [0.3, 0.4) is 0 Å². The van der Waals surface area contributed by atoms with Crippen LogP contribution >= 0.6 is 0 Å². The highest BCUT2D eigenvalue weighted by Crippen LogP contribution is 2.05. The van der Waals surface area contributed by atoms with Crippen LogP contribution in [0.1, 0.15) is 11.1 Å². The molecule has 0 aliphatic heterocycles. The summed E-state index contributed by atoms with van der Waals surface area (Å²) >= 11 is 0. The molecule has 0 saturated carbocycles. The van der Waals surface area contributed by atoms with Crippen molar-refractivity contribution < 1.29 is 4.79 Å². The van der Waals surface area contributed by atoms with E-state index in [9.17, 15) is 4.79 Å². The SMILES string of the molecule is CNC(=O)CNCc1cccc(CC#N)c1. The van der Waals surface area contributed by atoms with E-state index in [0.29, 0.717) is 19.5 Å². The van der Waals surface area contributed by atoms with Gasteiger partial charge in [-0.3, -0.25) is 4.79 Å². The number of likely N-dealkylation sites (N-methyl/N-ethyl adjacent to an activating group) is 1. The molecule has 0 atom stereocenters. The Labute approximate surface area is 95.3 Å². The van der Waals surface area contributed by atoms with Crippen LogP contribution in [0, 0.1) is 11.3 Å². The molecular formula is C12H15N3O. The average molecular weight is 217 g/mol. The monoisotopic (exact) mass is 217 g/mol. The molecule has 0 aliphatic rings. The molecule has 0 unspecified atom stereocenters. The Kier molecular flexibility index (Phi) is 5.03. The Bertz CT molecular complexity index is 395. The highest BCUT2D eigenvalue weighted by molar-refractivity contribution is 5.77. The zero-order valence-electron chi connectivity index (χ0n) is 9.29. The van der Waals surface area contributed by atoms with E-state index >= 15 is 0 Å². The maximum absolute atomic E-state index is 11.0. The fraction of sp³-hybridized carbons (Fsp3) is 0.333. The minimum atomic E-state index is -0.0341. The number of amides is 1. The molecule has 1 aromatic carbocycles. The summed E-state index contributed by atoms with van der Waals surface area (Å²) < 4.78 is 0. The third-order valence-electron chi connectivity index (χ3n) is 2.17. The molecule has 0 saturated heterocycles. The van der Waals surface area contributed by atoms with Crippen molar-refractivity contribution in [2.75, 3.05) is 13.6 Å². The van der Waals surface area contributed by atoms with Gasteiger partial charge in [0.15, 0.2) is 0 Å². The molecule has 1 amide bonds. The predicted molar refractivity (Wildman–Crippen MR) is 61.5 cm³/mol. The Balaban J connectivity index is 2.45. The van der Waals surface area contributed by atoms with Gasteiger partial charge in [0, 0.05) is 13.6 Å². The molecule has 4 nitrogen and oxygen atoms in total. The van der Waals surface area contributed by atoms with Gasteiger partial charge < -0.3 is 10.6 Å². The third kappa shape index (κ3) is 4.11. The van der Waals surface area contributed by atoms with E-state index in [1.807, 2.05) is 24.3 Å². The number of hydrogen-bond donors (Lipinski definition) is 2. The van der Waals surface area contributed by atoms with Crippen LogP contribution in [0.4, 0.5) is 0 Å². The summed E-state index contributed by atoms with van der Waals surface area (Å²) in [7, 11) is 1.61. The first kappa shape index (κ1) is 12.2. The van der Waals surface area contributed by atoms with Crippen molar-refractivity contribution in [2.45, 2.75) is 13.0 Å². The van der Waals surface area contributed by atoms with E-state index in [4.69, 9.17) is 5.26 Å². The standard InChI is InChI=1S/C12H15N3O/c1-14-12(16)9-15-8-11-4-2-3-10(7-11)5-6-13/h2-4,7,15H,5,8-9H2,1H3,(H,14,16). The highest BCUT2D eigenvalue weighted by Gasteiger charge is 1.98. The van der Waals surface area contributed by atoms with Gasteiger partial charge in [-0.2, -0.15) is 5.26 Å². The number of carbonyl (C=O) groups is 1. The van der Waals surface area contributed by atoms with E-state index in [2.05, 4.69) is 16.7 Å². The van der Waals surface area contributed by atoms with Gasteiger partial charge in [-0.1, -0.05) is 24.3 Å². The van der Waals surface area contributed by atoms with Crippen molar-refractivity contribution in [3.8, 4) is 6.07 Å². The van der Waals surface area contributed by atoms with Gasteiger partial charge >= 0.3 is 0 Å². The molecule has 4 heteroatoms. The minimum Gasteiger partial charge on any atom is -0.358 e. The Hall–Kier alpha value is -1.86. The van der Waals surface area contributed by atoms with Crippen molar-refractivity contribution >= 4 is 5.91 Å². The van der Waals surface area contributed by atoms with Gasteiger partial charge in [0.25, 0.3) is 0 Å². The van der Waals surface area contributed by atoms with Crippen molar-refractivity contribution in [2.24, 2.45) is 0 Å². The topological polar surface area (TPSA) is 64.9 Å². The van der Waals surface area contributed by atoms with Crippen molar-refractivity contribution in [1.82, 2.24) is 10.6 Å². The number of nitrogens with one attached hydrogen (secondary N) is 2. The molecule has 1 aromatic rings. The van der Waals surface area contributed by atoms with Crippen LogP contribution < -0.4 is 10.6 Å². The minimum absolute atomic E-state index is 0.0341. The molecule has 0 bridgehead atoms. The fourth-order valence-corrected chi connectivity index (χ4v) is 1.35. The van der Waals surface area contributed by atoms with Crippen molar-refractivity contribution in [1.29, 1.82) is 5.26 Å². The van der Waals surface area contributed by atoms with Gasteiger partial charge in [-0.05, 0) is 11.1 Å². The first-order valence-electron chi connectivity index (χ1n) is 5.12. The predicted octanol–water partition coefficient (Wildman–Crippen LogP) is 0.588. The second-order valence-electron chi connectivity index (χ2n) is 3.43. The highest BCUT2D eigenvalue weighted by atomic mass is 16.1. The van der Waals surface area contributed by atoms with E-state index in [1.54, 1.807) is 7.05 Å². The van der Waals surface area contributed by atoms with Crippen LogP contribution in [0.2, 0.25) is 0 Å². The van der Waals surface area contributed by atoms with Gasteiger partial charge in [0.1, 0.15) is 0 Å². The van der Waals surface area contributed by atoms with Gasteiger partial charge in [0.2, 0.25) is 5.91 Å². The number of carbonyl (C=O) groups excluding carboxylic acids is 1. The van der Waals surface area contributed by atoms with E-state index in [-0.39, 0.29) is 5.91 Å². The normalized spacial score (nSPS) is 9.50. The zero-order valence-corrected chi connectivity index (χ0v) is 9.29. The molecule has 0 fully saturated rings. The summed E-state index contributed by atoms with van der Waals surface area (Å²) in [6.45, 7) is 0.936. The summed E-state index contributed by atoms with van der Waals surface area (Å²) in [5, 5.41) is 14.1. The van der Waals surface area contributed by atoms with E-state index in [0.717, 1.165) is 11.1 Å². The Morgan fingerprint density at radius 3 is 2.88 bits per heavy atom. The van der Waals surface area contributed by atoms with Gasteiger partial charge in [-0.25, -0.2) is 0 Å². The molecule has 0 aromatic heterocycles. The smallest absolute Gasteiger partial charge is 0.233 e. The second-order valence-corrected chi connectivity index (χ2v) is 3.43. The lowest BCUT2D eigenvalue weighted by Gasteiger charge is -2.05. The van der Waals surface area contributed by atoms with Crippen LogP contribution in [0.25, 0.3) is 0 Å². The molecule has 0 aliphatic carbocycles. The van der Waals surface area contributed by atoms with Crippen molar-refractivity contribution in [3.05, 3.63) is 35.4 Å². The fourth-order valence-electron chi connectivity index (χ4n) is 1.35. The quantitative estimate of drug-likeness (QED) is 0.758. The lowest BCUT2D eigenvalue weighted by atomic mass is 10.1. The third-order valence-corrected chi connectivity index (χ3v) is 2.17. The molecule has 2 N–H and O–H groups in total. The summed E-state index contributed by atoms with van der Waals surface area (Å²) in [6, 6.07) is 9.89. The number of nitrogens with zero attached hydrogens (tertiary/aromatic N) is 1. The zero-order chi connectivity index (χ0) is 11.8. The lowest BCUT2D eigenvalue weighted by Crippen LogP contribution is -2.30. The molecule has 84 valence electrons. The second kappa shape index (κ2) is 6.59. The summed E-state index contributed by atoms with van der Waals surface area (Å²) in [4.78, 5) is 11.0. The Morgan fingerprint density at radius 1 is 1.44 bits per heavy atom. The molecular weight excluding hydrogens is 202 g/mol. The van der Waals surface area contributed by atoms with Crippen LogP contribution in [-0.2, 0) is 17.8 Å². The molecule has 1 rings (SSSR count). The lowest BCUT2D eigenvalue weighted by molar-refractivity contribution is -0.119. The summed E-state index contributed by atoms with van der Waals surface area (Å²) in [5.74, 6) is -0.0341. The van der Waals surface area contributed by atoms with Gasteiger partial charge in [0.05, 0.1) is 19.0 Å². The number of nitriles is 1. The number of rotatable bonds is 5. The summed E-state index contributed by atoms with van der Waals surface area (Å²) in [6.07, 6.45) is 0.420. The van der Waals surface area contributed by atoms with Crippen LogP contribution in [-0.4, -0.2) is 19.5 Å². The van der Waals surface area contributed by atoms with Crippen LogP contribution in [0.5, 0.6) is 0 Å². The van der Waals surface area contributed by atoms with Crippen LogP contribution in [0.15, 0.2) is 24.3 Å². The molecule has 16 heavy (non-hydrogen) atoms. The maximum atomic E-state index is 11.0. The van der Waals surface area contributed by atoms with Crippen molar-refractivity contribution in [3.63, 3.8) is 0 Å². The molecule has 0 heterocycles. The number of hydrogen-bond acceptors (Lipinski definition) is 3. The van der Waals surface area contributed by atoms with Gasteiger partial charge in [-0.15, -0.1) is 0 Å². The number of benzene rings is 1. The molecule has 0 radical (unpaired) electrons. The average Bonchev–Trinajstić information content (AvgIpc) is 2.30.